The van der Waals surface area contributed by atoms with Gasteiger partial charge in [0.05, 0.1) is 5.75 Å². The highest BCUT2D eigenvalue weighted by Gasteiger charge is 2.25. The lowest BCUT2D eigenvalue weighted by Gasteiger charge is -2.29. The molecule has 1 N–H and O–H groups in total. The molecule has 156 valence electrons. The summed E-state index contributed by atoms with van der Waals surface area (Å²) in [5, 5.41) is 2.92. The SMILES string of the molecule is Cc1ccc(CSCC(=O)N(CCc2ccccc2)C(C)C(=O)NC(C)C)cc1. The van der Waals surface area contributed by atoms with Crippen molar-refractivity contribution in [1.29, 1.82) is 0 Å². The number of rotatable bonds is 10. The molecule has 1 atom stereocenters. The Bertz CT molecular complexity index is 775. The van der Waals surface area contributed by atoms with Crippen LogP contribution in [0.1, 0.15) is 37.5 Å². The van der Waals surface area contributed by atoms with Gasteiger partial charge in [0.2, 0.25) is 11.8 Å². The molecule has 5 heteroatoms. The summed E-state index contributed by atoms with van der Waals surface area (Å²) in [4.78, 5) is 27.2. The molecule has 2 rings (SSSR count). The van der Waals surface area contributed by atoms with Crippen molar-refractivity contribution in [3.05, 3.63) is 71.3 Å². The molecule has 1 unspecified atom stereocenters. The van der Waals surface area contributed by atoms with Gasteiger partial charge in [0.25, 0.3) is 0 Å². The first-order valence-corrected chi connectivity index (χ1v) is 11.3. The van der Waals surface area contributed by atoms with Crippen LogP contribution in [0.25, 0.3) is 0 Å². The van der Waals surface area contributed by atoms with Gasteiger partial charge in [-0.25, -0.2) is 0 Å². The molecule has 0 bridgehead atoms. The van der Waals surface area contributed by atoms with Crippen molar-refractivity contribution < 1.29 is 9.59 Å². The van der Waals surface area contributed by atoms with Gasteiger partial charge >= 0.3 is 0 Å². The summed E-state index contributed by atoms with van der Waals surface area (Å²) in [7, 11) is 0. The smallest absolute Gasteiger partial charge is 0.242 e. The maximum Gasteiger partial charge on any atom is 0.242 e. The van der Waals surface area contributed by atoms with Gasteiger partial charge in [0.15, 0.2) is 0 Å². The normalized spacial score (nSPS) is 11.9. The van der Waals surface area contributed by atoms with Crippen LogP contribution < -0.4 is 5.32 Å². The minimum atomic E-state index is -0.492. The summed E-state index contributed by atoms with van der Waals surface area (Å²) < 4.78 is 0. The summed E-state index contributed by atoms with van der Waals surface area (Å²) in [5.41, 5.74) is 3.59. The number of nitrogens with one attached hydrogen (secondary N) is 1. The van der Waals surface area contributed by atoms with Gasteiger partial charge in [-0.15, -0.1) is 11.8 Å². The zero-order valence-electron chi connectivity index (χ0n) is 17.9. The molecule has 2 amide bonds. The van der Waals surface area contributed by atoms with E-state index < -0.39 is 6.04 Å². The van der Waals surface area contributed by atoms with Crippen LogP contribution in [-0.4, -0.2) is 41.1 Å². The van der Waals surface area contributed by atoms with E-state index in [0.717, 1.165) is 17.7 Å². The molecule has 0 aliphatic rings. The van der Waals surface area contributed by atoms with Crippen LogP contribution in [0.5, 0.6) is 0 Å². The molecule has 0 saturated carbocycles. The maximum atomic E-state index is 13.0. The van der Waals surface area contributed by atoms with Gasteiger partial charge in [-0.3, -0.25) is 9.59 Å². The number of nitrogens with zero attached hydrogens (tertiary/aromatic N) is 1. The number of thioether (sulfide) groups is 1. The van der Waals surface area contributed by atoms with E-state index in [2.05, 4.69) is 36.5 Å². The van der Waals surface area contributed by atoms with Crippen LogP contribution in [0.4, 0.5) is 0 Å². The molecule has 0 radical (unpaired) electrons. The summed E-state index contributed by atoms with van der Waals surface area (Å²) in [6, 6.07) is 18.0. The van der Waals surface area contributed by atoms with Gasteiger partial charge in [-0.1, -0.05) is 60.2 Å². The van der Waals surface area contributed by atoms with E-state index in [1.54, 1.807) is 16.7 Å². The van der Waals surface area contributed by atoms with E-state index >= 15 is 0 Å². The van der Waals surface area contributed by atoms with E-state index in [1.165, 1.54) is 11.1 Å². The topological polar surface area (TPSA) is 49.4 Å². The molecular weight excluding hydrogens is 380 g/mol. The number of carbonyl (C=O) groups is 2. The lowest BCUT2D eigenvalue weighted by atomic mass is 10.1. The first-order chi connectivity index (χ1) is 13.9. The lowest BCUT2D eigenvalue weighted by Crippen LogP contribution is -2.50. The minimum Gasteiger partial charge on any atom is -0.352 e. The highest BCUT2D eigenvalue weighted by Crippen LogP contribution is 2.15. The Kier molecular flexibility index (Phi) is 9.26. The third kappa shape index (κ3) is 7.94. The summed E-state index contributed by atoms with van der Waals surface area (Å²) in [5.74, 6) is 1.04. The number of amides is 2. The summed E-state index contributed by atoms with van der Waals surface area (Å²) in [6.45, 7) is 8.26. The summed E-state index contributed by atoms with van der Waals surface area (Å²) >= 11 is 1.59. The van der Waals surface area contributed by atoms with Gasteiger partial charge in [-0.2, -0.15) is 0 Å². The van der Waals surface area contributed by atoms with Crippen molar-refractivity contribution in [3.8, 4) is 0 Å². The van der Waals surface area contributed by atoms with Crippen LogP contribution >= 0.6 is 11.8 Å². The van der Waals surface area contributed by atoms with Crippen molar-refractivity contribution >= 4 is 23.6 Å². The third-order valence-corrected chi connectivity index (χ3v) is 5.69. The van der Waals surface area contributed by atoms with Gasteiger partial charge in [0, 0.05) is 18.3 Å². The predicted molar refractivity (Wildman–Crippen MR) is 122 cm³/mol. The van der Waals surface area contributed by atoms with Crippen molar-refractivity contribution in [2.45, 2.75) is 52.0 Å². The highest BCUT2D eigenvalue weighted by atomic mass is 32.2. The number of hydrogen-bond donors (Lipinski definition) is 1. The van der Waals surface area contributed by atoms with E-state index in [-0.39, 0.29) is 17.9 Å². The largest absolute Gasteiger partial charge is 0.352 e. The first-order valence-electron chi connectivity index (χ1n) is 10.1. The van der Waals surface area contributed by atoms with Crippen molar-refractivity contribution in [1.82, 2.24) is 10.2 Å². The molecule has 2 aromatic carbocycles. The second-order valence-electron chi connectivity index (χ2n) is 7.64. The number of aryl methyl sites for hydroxylation is 1. The van der Waals surface area contributed by atoms with E-state index in [4.69, 9.17) is 0 Å². The number of hydrogen-bond acceptors (Lipinski definition) is 3. The Morgan fingerprint density at radius 1 is 0.966 bits per heavy atom. The monoisotopic (exact) mass is 412 g/mol. The van der Waals surface area contributed by atoms with Gasteiger partial charge in [-0.05, 0) is 45.2 Å². The van der Waals surface area contributed by atoms with E-state index in [1.807, 2.05) is 51.1 Å². The third-order valence-electron chi connectivity index (χ3n) is 4.70. The second-order valence-corrected chi connectivity index (χ2v) is 8.63. The fourth-order valence-electron chi connectivity index (χ4n) is 3.00. The molecule has 0 fully saturated rings. The summed E-state index contributed by atoms with van der Waals surface area (Å²) in [6.07, 6.45) is 0.731. The Labute approximate surface area is 179 Å². The highest BCUT2D eigenvalue weighted by molar-refractivity contribution is 7.99. The Morgan fingerprint density at radius 3 is 2.24 bits per heavy atom. The van der Waals surface area contributed by atoms with E-state index in [0.29, 0.717) is 12.3 Å². The van der Waals surface area contributed by atoms with Crippen LogP contribution in [-0.2, 0) is 21.8 Å². The fourth-order valence-corrected chi connectivity index (χ4v) is 3.87. The predicted octanol–water partition coefficient (Wildman–Crippen LogP) is 4.21. The molecule has 29 heavy (non-hydrogen) atoms. The van der Waals surface area contributed by atoms with Crippen LogP contribution in [0, 0.1) is 6.92 Å². The van der Waals surface area contributed by atoms with Crippen molar-refractivity contribution in [2.24, 2.45) is 0 Å². The Hall–Kier alpha value is -2.27. The number of benzene rings is 2. The van der Waals surface area contributed by atoms with Gasteiger partial charge in [0.1, 0.15) is 6.04 Å². The quantitative estimate of drug-likeness (QED) is 0.636. The standard InChI is InChI=1S/C24H32N2O2S/c1-18(2)25-24(28)20(4)26(15-14-21-8-6-5-7-9-21)23(27)17-29-16-22-12-10-19(3)11-13-22/h5-13,18,20H,14-17H2,1-4H3,(H,25,28). The first kappa shape index (κ1) is 23.0. The zero-order valence-corrected chi connectivity index (χ0v) is 18.7. The second kappa shape index (κ2) is 11.7. The molecule has 0 spiro atoms. The minimum absolute atomic E-state index is 0.00412. The zero-order chi connectivity index (χ0) is 21.2. The van der Waals surface area contributed by atoms with Crippen molar-refractivity contribution in [2.75, 3.05) is 12.3 Å². The van der Waals surface area contributed by atoms with Crippen LogP contribution in [0.15, 0.2) is 54.6 Å². The molecule has 0 heterocycles. The molecule has 0 saturated heterocycles. The van der Waals surface area contributed by atoms with Crippen LogP contribution in [0.2, 0.25) is 0 Å². The molecule has 2 aromatic rings. The lowest BCUT2D eigenvalue weighted by molar-refractivity contribution is -0.138. The molecule has 4 nitrogen and oxygen atoms in total. The molecule has 0 aliphatic carbocycles. The maximum absolute atomic E-state index is 13.0. The molecule has 0 aromatic heterocycles. The van der Waals surface area contributed by atoms with Crippen LogP contribution in [0.3, 0.4) is 0 Å². The fraction of sp³-hybridized carbons (Fsp3) is 0.417. The Balaban J connectivity index is 1.98. The van der Waals surface area contributed by atoms with Gasteiger partial charge < -0.3 is 10.2 Å². The molecule has 0 aliphatic heterocycles. The Morgan fingerprint density at radius 2 is 1.62 bits per heavy atom. The van der Waals surface area contributed by atoms with Crippen molar-refractivity contribution in [3.63, 3.8) is 0 Å². The van der Waals surface area contributed by atoms with E-state index in [9.17, 15) is 9.59 Å². The molecular formula is C24H32N2O2S. The average molecular weight is 413 g/mol. The average Bonchev–Trinajstić information content (AvgIpc) is 2.69. The number of carbonyl (C=O) groups excluding carboxylic acids is 2.